The normalized spacial score (nSPS) is 10.4. The summed E-state index contributed by atoms with van der Waals surface area (Å²) >= 11 is 0. The van der Waals surface area contributed by atoms with Gasteiger partial charge in [0.2, 0.25) is 0 Å². The van der Waals surface area contributed by atoms with Gasteiger partial charge in [-0.2, -0.15) is 5.10 Å². The van der Waals surface area contributed by atoms with Gasteiger partial charge in [0.25, 0.3) is 0 Å². The second kappa shape index (κ2) is 6.06. The molecule has 1 N–H and O–H groups in total. The second-order valence-electron chi connectivity index (χ2n) is 4.66. The van der Waals surface area contributed by atoms with Gasteiger partial charge in [0.15, 0.2) is 0 Å². The lowest BCUT2D eigenvalue weighted by atomic mass is 10.1. The maximum atomic E-state index is 4.21. The number of anilines is 1. The van der Waals surface area contributed by atoms with E-state index in [1.807, 2.05) is 23.0 Å². The van der Waals surface area contributed by atoms with E-state index in [4.69, 9.17) is 0 Å². The molecule has 0 bridgehead atoms. The van der Waals surface area contributed by atoms with Crippen LogP contribution in [-0.2, 0) is 6.42 Å². The summed E-state index contributed by atoms with van der Waals surface area (Å²) in [5.74, 6) is 0. The van der Waals surface area contributed by atoms with E-state index in [-0.39, 0.29) is 0 Å². The third-order valence-electron chi connectivity index (χ3n) is 3.22. The van der Waals surface area contributed by atoms with E-state index < -0.39 is 0 Å². The summed E-state index contributed by atoms with van der Waals surface area (Å²) in [5.41, 5.74) is 3.56. The van der Waals surface area contributed by atoms with Crippen molar-refractivity contribution in [3.63, 3.8) is 0 Å². The monoisotopic (exact) mass is 263 g/mol. The Bertz CT molecular complexity index is 628. The molecule has 0 aliphatic heterocycles. The minimum absolute atomic E-state index is 0.936. The zero-order valence-corrected chi connectivity index (χ0v) is 11.2. The summed E-state index contributed by atoms with van der Waals surface area (Å²) in [4.78, 5) is 0. The number of benzene rings is 2. The molecule has 3 aromatic rings. The predicted molar refractivity (Wildman–Crippen MR) is 82.2 cm³/mol. The van der Waals surface area contributed by atoms with Crippen LogP contribution in [0.3, 0.4) is 0 Å². The van der Waals surface area contributed by atoms with Crippen LogP contribution in [-0.4, -0.2) is 16.3 Å². The molecule has 0 amide bonds. The van der Waals surface area contributed by atoms with Gasteiger partial charge in [0.05, 0.1) is 5.69 Å². The fourth-order valence-electron chi connectivity index (χ4n) is 2.15. The van der Waals surface area contributed by atoms with Crippen LogP contribution in [0.4, 0.5) is 5.69 Å². The molecule has 3 rings (SSSR count). The number of hydrogen-bond acceptors (Lipinski definition) is 2. The maximum Gasteiger partial charge on any atom is 0.0647 e. The van der Waals surface area contributed by atoms with Crippen LogP contribution in [0.1, 0.15) is 5.56 Å². The summed E-state index contributed by atoms with van der Waals surface area (Å²) in [7, 11) is 0. The first-order valence-corrected chi connectivity index (χ1v) is 6.80. The molecule has 0 spiro atoms. The molecule has 1 heterocycles. The van der Waals surface area contributed by atoms with E-state index in [0.29, 0.717) is 0 Å². The molecule has 2 aromatic carbocycles. The quantitative estimate of drug-likeness (QED) is 0.763. The maximum absolute atomic E-state index is 4.21. The van der Waals surface area contributed by atoms with Crippen molar-refractivity contribution in [3.05, 3.63) is 78.6 Å². The van der Waals surface area contributed by atoms with Gasteiger partial charge in [-0.25, -0.2) is 4.68 Å². The van der Waals surface area contributed by atoms with E-state index in [2.05, 4.69) is 58.9 Å². The Hall–Kier alpha value is -2.55. The van der Waals surface area contributed by atoms with Crippen LogP contribution in [0, 0.1) is 0 Å². The van der Waals surface area contributed by atoms with E-state index >= 15 is 0 Å². The van der Waals surface area contributed by atoms with Crippen molar-refractivity contribution in [1.82, 2.24) is 9.78 Å². The fourth-order valence-corrected chi connectivity index (χ4v) is 2.15. The smallest absolute Gasteiger partial charge is 0.0647 e. The molecule has 3 heteroatoms. The molecule has 20 heavy (non-hydrogen) atoms. The van der Waals surface area contributed by atoms with Crippen molar-refractivity contribution >= 4 is 5.69 Å². The van der Waals surface area contributed by atoms with Gasteiger partial charge in [-0.05, 0) is 42.3 Å². The van der Waals surface area contributed by atoms with Crippen molar-refractivity contribution in [2.45, 2.75) is 6.42 Å². The molecule has 100 valence electrons. The first kappa shape index (κ1) is 12.5. The molecule has 0 fully saturated rings. The van der Waals surface area contributed by atoms with Crippen molar-refractivity contribution in [2.24, 2.45) is 0 Å². The molecule has 0 aliphatic rings. The fraction of sp³-hybridized carbons (Fsp3) is 0.118. The van der Waals surface area contributed by atoms with Crippen LogP contribution in [0.15, 0.2) is 73.1 Å². The van der Waals surface area contributed by atoms with Crippen molar-refractivity contribution < 1.29 is 0 Å². The Morgan fingerprint density at radius 1 is 0.900 bits per heavy atom. The highest BCUT2D eigenvalue weighted by atomic mass is 15.3. The lowest BCUT2D eigenvalue weighted by Crippen LogP contribution is -2.04. The van der Waals surface area contributed by atoms with Gasteiger partial charge in [-0.15, -0.1) is 0 Å². The number of hydrogen-bond donors (Lipinski definition) is 1. The minimum Gasteiger partial charge on any atom is -0.385 e. The van der Waals surface area contributed by atoms with Crippen LogP contribution in [0.25, 0.3) is 5.69 Å². The van der Waals surface area contributed by atoms with Crippen LogP contribution >= 0.6 is 0 Å². The van der Waals surface area contributed by atoms with E-state index in [1.54, 1.807) is 6.20 Å². The molecular weight excluding hydrogens is 246 g/mol. The van der Waals surface area contributed by atoms with Crippen molar-refractivity contribution in [3.8, 4) is 5.69 Å². The lowest BCUT2D eigenvalue weighted by molar-refractivity contribution is 0.880. The number of nitrogens with zero attached hydrogens (tertiary/aromatic N) is 2. The van der Waals surface area contributed by atoms with Crippen molar-refractivity contribution in [1.29, 1.82) is 0 Å². The lowest BCUT2D eigenvalue weighted by Gasteiger charge is -2.08. The topological polar surface area (TPSA) is 29.9 Å². The van der Waals surface area contributed by atoms with Gasteiger partial charge in [-0.1, -0.05) is 30.3 Å². The number of aromatic nitrogens is 2. The number of nitrogens with one attached hydrogen (secondary N) is 1. The summed E-state index contributed by atoms with van der Waals surface area (Å²) in [6.45, 7) is 0.936. The van der Waals surface area contributed by atoms with Crippen molar-refractivity contribution in [2.75, 3.05) is 11.9 Å². The molecular formula is C17H17N3. The Morgan fingerprint density at radius 2 is 1.70 bits per heavy atom. The summed E-state index contributed by atoms with van der Waals surface area (Å²) < 4.78 is 1.85. The third kappa shape index (κ3) is 3.06. The zero-order chi connectivity index (χ0) is 13.6. The van der Waals surface area contributed by atoms with Gasteiger partial charge in [0.1, 0.15) is 0 Å². The first-order chi connectivity index (χ1) is 9.92. The predicted octanol–water partition coefficient (Wildman–Crippen LogP) is 3.53. The Balaban J connectivity index is 1.56. The molecule has 3 nitrogen and oxygen atoms in total. The summed E-state index contributed by atoms with van der Waals surface area (Å²) in [6.07, 6.45) is 4.76. The molecule has 0 radical (unpaired) electrons. The van der Waals surface area contributed by atoms with E-state index in [9.17, 15) is 0 Å². The van der Waals surface area contributed by atoms with Gasteiger partial charge in [0, 0.05) is 24.6 Å². The highest BCUT2D eigenvalue weighted by Crippen LogP contribution is 2.12. The molecule has 0 aliphatic carbocycles. The minimum atomic E-state index is 0.936. The Morgan fingerprint density at radius 3 is 2.40 bits per heavy atom. The van der Waals surface area contributed by atoms with Gasteiger partial charge >= 0.3 is 0 Å². The van der Waals surface area contributed by atoms with Crippen LogP contribution < -0.4 is 5.32 Å². The molecule has 0 saturated heterocycles. The summed E-state index contributed by atoms with van der Waals surface area (Å²) in [6, 6.07) is 20.7. The standard InChI is InChI=1S/C17H17N3/c1-2-5-15(6-3-1)11-13-18-16-7-9-17(10-8-16)20-14-4-12-19-20/h1-10,12,14,18H,11,13H2. The van der Waals surface area contributed by atoms with Crippen LogP contribution in [0.2, 0.25) is 0 Å². The van der Waals surface area contributed by atoms with Gasteiger partial charge in [-0.3, -0.25) is 0 Å². The van der Waals surface area contributed by atoms with E-state index in [1.165, 1.54) is 5.56 Å². The number of rotatable bonds is 5. The van der Waals surface area contributed by atoms with Crippen LogP contribution in [0.5, 0.6) is 0 Å². The molecule has 1 aromatic heterocycles. The summed E-state index contributed by atoms with van der Waals surface area (Å²) in [5, 5.41) is 7.65. The average Bonchev–Trinajstić information content (AvgIpc) is 3.03. The molecule has 0 saturated carbocycles. The molecule has 0 atom stereocenters. The first-order valence-electron chi connectivity index (χ1n) is 6.80. The highest BCUT2D eigenvalue weighted by molar-refractivity contribution is 5.48. The zero-order valence-electron chi connectivity index (χ0n) is 11.2. The third-order valence-corrected chi connectivity index (χ3v) is 3.22. The SMILES string of the molecule is c1ccc(CCNc2ccc(-n3cccn3)cc2)cc1. The van der Waals surface area contributed by atoms with E-state index in [0.717, 1.165) is 24.3 Å². The molecule has 0 unspecified atom stereocenters. The second-order valence-corrected chi connectivity index (χ2v) is 4.66. The largest absolute Gasteiger partial charge is 0.385 e. The highest BCUT2D eigenvalue weighted by Gasteiger charge is 1.97. The Labute approximate surface area is 118 Å². The Kier molecular flexibility index (Phi) is 3.78. The van der Waals surface area contributed by atoms with Gasteiger partial charge < -0.3 is 5.32 Å². The average molecular weight is 263 g/mol.